The summed E-state index contributed by atoms with van der Waals surface area (Å²) in [4.78, 5) is 0.0978. The van der Waals surface area contributed by atoms with E-state index >= 15 is 0 Å². The van der Waals surface area contributed by atoms with E-state index in [0.29, 0.717) is 16.3 Å². The summed E-state index contributed by atoms with van der Waals surface area (Å²) in [5.74, 6) is -0.410. The van der Waals surface area contributed by atoms with Gasteiger partial charge in [-0.2, -0.15) is 0 Å². The lowest BCUT2D eigenvalue weighted by molar-refractivity contribution is 0.601. The first-order valence-corrected chi connectivity index (χ1v) is 7.29. The third kappa shape index (κ3) is 3.24. The van der Waals surface area contributed by atoms with Crippen molar-refractivity contribution < 1.29 is 12.8 Å². The van der Waals surface area contributed by atoms with Crippen molar-refractivity contribution in [2.24, 2.45) is 0 Å². The summed E-state index contributed by atoms with van der Waals surface area (Å²) in [6.07, 6.45) is 0. The maximum Gasteiger partial charge on any atom is 0.261 e. The van der Waals surface area contributed by atoms with Gasteiger partial charge < -0.3 is 0 Å². The lowest BCUT2D eigenvalue weighted by Crippen LogP contribution is -2.13. The van der Waals surface area contributed by atoms with Crippen molar-refractivity contribution in [3.05, 3.63) is 58.9 Å². The third-order valence-corrected chi connectivity index (χ3v) is 4.19. The number of hydrogen-bond donors (Lipinski definition) is 1. The quantitative estimate of drug-likeness (QED) is 0.941. The smallest absolute Gasteiger partial charge is 0.261 e. The molecule has 2 aromatic carbocycles. The number of hydrogen-bond acceptors (Lipinski definition) is 2. The zero-order chi connectivity index (χ0) is 14.0. The van der Waals surface area contributed by atoms with Crippen LogP contribution in [0.25, 0.3) is 0 Å². The van der Waals surface area contributed by atoms with Gasteiger partial charge in [0.15, 0.2) is 0 Å². The summed E-state index contributed by atoms with van der Waals surface area (Å²) in [5, 5.41) is 0.455. The molecular formula is C13H11ClFNO2S. The van der Waals surface area contributed by atoms with Crippen molar-refractivity contribution in [2.45, 2.75) is 11.8 Å². The van der Waals surface area contributed by atoms with Crippen LogP contribution in [0.5, 0.6) is 0 Å². The highest BCUT2D eigenvalue weighted by Crippen LogP contribution is 2.21. The normalized spacial score (nSPS) is 11.3. The van der Waals surface area contributed by atoms with Crippen molar-refractivity contribution in [3.63, 3.8) is 0 Å². The standard InChI is InChI=1S/C13H11ClFNO2S/c1-9-8-11(15)4-7-13(9)16-19(17,18)12-5-2-10(14)3-6-12/h2-8,16H,1H3. The molecule has 0 saturated carbocycles. The predicted molar refractivity (Wildman–Crippen MR) is 73.4 cm³/mol. The van der Waals surface area contributed by atoms with Crippen LogP contribution in [0, 0.1) is 12.7 Å². The Morgan fingerprint density at radius 1 is 1.11 bits per heavy atom. The van der Waals surface area contributed by atoms with E-state index in [2.05, 4.69) is 4.72 Å². The molecule has 0 aliphatic carbocycles. The molecule has 0 aromatic heterocycles. The number of sulfonamides is 1. The molecule has 0 fully saturated rings. The predicted octanol–water partition coefficient (Wildman–Crippen LogP) is 3.59. The molecule has 2 rings (SSSR count). The van der Waals surface area contributed by atoms with Gasteiger partial charge in [0.1, 0.15) is 5.82 Å². The van der Waals surface area contributed by atoms with Gasteiger partial charge in [-0.3, -0.25) is 4.72 Å². The monoisotopic (exact) mass is 299 g/mol. The lowest BCUT2D eigenvalue weighted by Gasteiger charge is -2.10. The van der Waals surface area contributed by atoms with Gasteiger partial charge in [0.25, 0.3) is 10.0 Å². The van der Waals surface area contributed by atoms with Gasteiger partial charge in [0, 0.05) is 5.02 Å². The number of rotatable bonds is 3. The van der Waals surface area contributed by atoms with Gasteiger partial charge in [0.05, 0.1) is 10.6 Å². The highest BCUT2D eigenvalue weighted by molar-refractivity contribution is 7.92. The second-order valence-corrected chi connectivity index (χ2v) is 6.14. The minimum absolute atomic E-state index is 0.0978. The molecule has 0 radical (unpaired) electrons. The summed E-state index contributed by atoms with van der Waals surface area (Å²) in [6, 6.07) is 9.65. The summed E-state index contributed by atoms with van der Waals surface area (Å²) in [5.41, 5.74) is 0.855. The second kappa shape index (κ2) is 5.19. The number of nitrogens with one attached hydrogen (secondary N) is 1. The first kappa shape index (κ1) is 13.8. The molecule has 0 aliphatic rings. The fourth-order valence-electron chi connectivity index (χ4n) is 1.56. The van der Waals surface area contributed by atoms with Crippen molar-refractivity contribution in [1.29, 1.82) is 0 Å². The van der Waals surface area contributed by atoms with Crippen molar-refractivity contribution in [3.8, 4) is 0 Å². The Morgan fingerprint density at radius 2 is 1.74 bits per heavy atom. The van der Waals surface area contributed by atoms with E-state index in [4.69, 9.17) is 11.6 Å². The van der Waals surface area contributed by atoms with Gasteiger partial charge in [-0.1, -0.05) is 11.6 Å². The number of aryl methyl sites for hydroxylation is 1. The van der Waals surface area contributed by atoms with Crippen molar-refractivity contribution in [2.75, 3.05) is 4.72 Å². The van der Waals surface area contributed by atoms with E-state index in [9.17, 15) is 12.8 Å². The van der Waals surface area contributed by atoms with Gasteiger partial charge in [0.2, 0.25) is 0 Å². The van der Waals surface area contributed by atoms with Crippen LogP contribution in [0.1, 0.15) is 5.56 Å². The lowest BCUT2D eigenvalue weighted by atomic mass is 10.2. The Morgan fingerprint density at radius 3 is 2.32 bits per heavy atom. The summed E-state index contributed by atoms with van der Waals surface area (Å²) in [7, 11) is -3.70. The number of anilines is 1. The van der Waals surface area contributed by atoms with E-state index in [1.54, 1.807) is 6.92 Å². The molecule has 0 spiro atoms. The van der Waals surface area contributed by atoms with Crippen LogP contribution in [0.3, 0.4) is 0 Å². The molecule has 0 heterocycles. The summed E-state index contributed by atoms with van der Waals surface area (Å²) in [6.45, 7) is 1.63. The van der Waals surface area contributed by atoms with Crippen molar-refractivity contribution >= 4 is 27.3 Å². The van der Waals surface area contributed by atoms with E-state index < -0.39 is 15.8 Å². The molecule has 0 amide bonds. The zero-order valence-corrected chi connectivity index (χ0v) is 11.6. The first-order valence-electron chi connectivity index (χ1n) is 5.43. The fraction of sp³-hybridized carbons (Fsp3) is 0.0769. The van der Waals surface area contributed by atoms with Gasteiger partial charge in [-0.25, -0.2) is 12.8 Å². The maximum atomic E-state index is 13.0. The molecule has 100 valence electrons. The van der Waals surface area contributed by atoms with Gasteiger partial charge in [-0.15, -0.1) is 0 Å². The van der Waals surface area contributed by atoms with Crippen LogP contribution < -0.4 is 4.72 Å². The highest BCUT2D eigenvalue weighted by atomic mass is 35.5. The van der Waals surface area contributed by atoms with E-state index in [1.165, 1.54) is 42.5 Å². The van der Waals surface area contributed by atoms with Crippen LogP contribution in [0.4, 0.5) is 10.1 Å². The fourth-order valence-corrected chi connectivity index (χ4v) is 2.82. The molecule has 2 aromatic rings. The molecule has 0 aliphatic heterocycles. The van der Waals surface area contributed by atoms with Crippen LogP contribution in [-0.2, 0) is 10.0 Å². The Bertz CT molecular complexity index is 699. The molecular weight excluding hydrogens is 289 g/mol. The topological polar surface area (TPSA) is 46.2 Å². The Hall–Kier alpha value is -1.59. The van der Waals surface area contributed by atoms with Crippen LogP contribution in [0.15, 0.2) is 47.4 Å². The maximum absolute atomic E-state index is 13.0. The summed E-state index contributed by atoms with van der Waals surface area (Å²) < 4.78 is 39.6. The summed E-state index contributed by atoms with van der Waals surface area (Å²) >= 11 is 5.71. The molecule has 0 saturated heterocycles. The van der Waals surface area contributed by atoms with Gasteiger partial charge in [-0.05, 0) is 55.0 Å². The number of halogens is 2. The minimum atomic E-state index is -3.70. The largest absolute Gasteiger partial charge is 0.279 e. The zero-order valence-electron chi connectivity index (χ0n) is 10.0. The molecule has 1 N–H and O–H groups in total. The molecule has 6 heteroatoms. The minimum Gasteiger partial charge on any atom is -0.279 e. The highest BCUT2D eigenvalue weighted by Gasteiger charge is 2.15. The Kier molecular flexibility index (Phi) is 3.78. The van der Waals surface area contributed by atoms with Crippen molar-refractivity contribution in [1.82, 2.24) is 0 Å². The first-order chi connectivity index (χ1) is 8.88. The van der Waals surface area contributed by atoms with E-state index in [1.807, 2.05) is 0 Å². The van der Waals surface area contributed by atoms with Gasteiger partial charge >= 0.3 is 0 Å². The van der Waals surface area contributed by atoms with Crippen LogP contribution in [0.2, 0.25) is 5.02 Å². The SMILES string of the molecule is Cc1cc(F)ccc1NS(=O)(=O)c1ccc(Cl)cc1. The molecule has 0 atom stereocenters. The second-order valence-electron chi connectivity index (χ2n) is 4.02. The Labute approximate surface area is 116 Å². The molecule has 19 heavy (non-hydrogen) atoms. The Balaban J connectivity index is 2.33. The number of benzene rings is 2. The average molecular weight is 300 g/mol. The van der Waals surface area contributed by atoms with Crippen LogP contribution in [-0.4, -0.2) is 8.42 Å². The third-order valence-electron chi connectivity index (χ3n) is 2.56. The molecule has 0 bridgehead atoms. The molecule has 0 unspecified atom stereocenters. The van der Waals surface area contributed by atoms with E-state index in [0.717, 1.165) is 0 Å². The molecule has 3 nitrogen and oxygen atoms in total. The van der Waals surface area contributed by atoms with Crippen LogP contribution >= 0.6 is 11.6 Å². The average Bonchev–Trinajstić information content (AvgIpc) is 2.33. The van der Waals surface area contributed by atoms with E-state index in [-0.39, 0.29) is 4.90 Å².